The largest absolute Gasteiger partial charge is 0.311 e. The molecule has 1 heterocycles. The Bertz CT molecular complexity index is 329. The van der Waals surface area contributed by atoms with Crippen molar-refractivity contribution >= 4 is 10.2 Å². The van der Waals surface area contributed by atoms with E-state index >= 15 is 0 Å². The van der Waals surface area contributed by atoms with E-state index in [4.69, 9.17) is 0 Å². The van der Waals surface area contributed by atoms with Gasteiger partial charge in [0.15, 0.2) is 0 Å². The summed E-state index contributed by atoms with van der Waals surface area (Å²) in [5.41, 5.74) is 0. The van der Waals surface area contributed by atoms with Crippen LogP contribution in [-0.4, -0.2) is 55.3 Å². The van der Waals surface area contributed by atoms with Crippen LogP contribution in [0.4, 0.5) is 0 Å². The first kappa shape index (κ1) is 13.9. The Morgan fingerprint density at radius 2 is 1.94 bits per heavy atom. The second-order valence-electron chi connectivity index (χ2n) is 4.85. The van der Waals surface area contributed by atoms with Crippen molar-refractivity contribution in [1.29, 1.82) is 0 Å². The number of hydrogen-bond acceptors (Lipinski definition) is 3. The minimum Gasteiger partial charge on any atom is -0.311 e. The van der Waals surface area contributed by atoms with Gasteiger partial charge in [-0.3, -0.25) is 0 Å². The molecular weight excluding hydrogens is 226 g/mol. The molecule has 2 unspecified atom stereocenters. The fourth-order valence-electron chi connectivity index (χ4n) is 1.74. The highest BCUT2D eigenvalue weighted by atomic mass is 32.2. The van der Waals surface area contributed by atoms with Crippen molar-refractivity contribution in [3.63, 3.8) is 0 Å². The van der Waals surface area contributed by atoms with Crippen LogP contribution in [0.1, 0.15) is 27.7 Å². The van der Waals surface area contributed by atoms with Crippen molar-refractivity contribution in [3.05, 3.63) is 0 Å². The monoisotopic (exact) mass is 249 g/mol. The summed E-state index contributed by atoms with van der Waals surface area (Å²) in [6, 6.07) is 0.219. The van der Waals surface area contributed by atoms with E-state index in [0.29, 0.717) is 13.1 Å². The van der Waals surface area contributed by atoms with Gasteiger partial charge in [-0.05, 0) is 27.7 Å². The van der Waals surface area contributed by atoms with Gasteiger partial charge in [-0.2, -0.15) is 17.0 Å². The lowest BCUT2D eigenvalue weighted by Crippen LogP contribution is -2.59. The molecule has 1 aliphatic rings. The quantitative estimate of drug-likeness (QED) is 0.780. The Balaban J connectivity index is 2.89. The number of rotatable bonds is 3. The molecule has 0 aromatic rings. The lowest BCUT2D eigenvalue weighted by Gasteiger charge is -2.39. The maximum atomic E-state index is 12.3. The molecule has 0 spiro atoms. The van der Waals surface area contributed by atoms with E-state index in [1.54, 1.807) is 11.4 Å². The summed E-state index contributed by atoms with van der Waals surface area (Å²) in [4.78, 5) is 0. The summed E-state index contributed by atoms with van der Waals surface area (Å²) >= 11 is 0. The van der Waals surface area contributed by atoms with E-state index in [2.05, 4.69) is 5.32 Å². The Labute approximate surface area is 99.0 Å². The molecule has 1 aliphatic heterocycles. The first-order valence-electron chi connectivity index (χ1n) is 5.75. The van der Waals surface area contributed by atoms with E-state index in [9.17, 15) is 8.42 Å². The van der Waals surface area contributed by atoms with Crippen LogP contribution in [0.2, 0.25) is 0 Å². The SMILES string of the molecule is CC1CN(S(=O)(=O)N(C)C(C)C)C(C)CN1. The van der Waals surface area contributed by atoms with Crippen LogP contribution in [0.15, 0.2) is 0 Å². The highest BCUT2D eigenvalue weighted by Crippen LogP contribution is 2.16. The molecule has 0 radical (unpaired) electrons. The third-order valence-corrected chi connectivity index (χ3v) is 5.35. The molecule has 1 saturated heterocycles. The molecule has 16 heavy (non-hydrogen) atoms. The summed E-state index contributed by atoms with van der Waals surface area (Å²) in [6.45, 7) is 8.96. The van der Waals surface area contributed by atoms with Gasteiger partial charge in [-0.15, -0.1) is 0 Å². The van der Waals surface area contributed by atoms with Gasteiger partial charge >= 0.3 is 0 Å². The third-order valence-electron chi connectivity index (χ3n) is 3.09. The van der Waals surface area contributed by atoms with Gasteiger partial charge in [0.1, 0.15) is 0 Å². The molecule has 5 nitrogen and oxygen atoms in total. The van der Waals surface area contributed by atoms with Crippen molar-refractivity contribution in [3.8, 4) is 0 Å². The van der Waals surface area contributed by atoms with Crippen LogP contribution >= 0.6 is 0 Å². The lowest BCUT2D eigenvalue weighted by atomic mass is 10.2. The Hall–Kier alpha value is -0.170. The maximum absolute atomic E-state index is 12.3. The zero-order chi connectivity index (χ0) is 12.5. The third kappa shape index (κ3) is 2.74. The minimum absolute atomic E-state index is 0.0117. The van der Waals surface area contributed by atoms with Crippen molar-refractivity contribution in [2.45, 2.75) is 45.8 Å². The first-order valence-corrected chi connectivity index (χ1v) is 7.14. The second kappa shape index (κ2) is 5.00. The number of nitrogens with one attached hydrogen (secondary N) is 1. The Kier molecular flexibility index (Phi) is 4.34. The van der Waals surface area contributed by atoms with Crippen LogP contribution in [0, 0.1) is 0 Å². The van der Waals surface area contributed by atoms with Gasteiger partial charge in [0, 0.05) is 38.3 Å². The molecule has 96 valence electrons. The Morgan fingerprint density at radius 3 is 2.44 bits per heavy atom. The second-order valence-corrected chi connectivity index (χ2v) is 6.79. The number of hydrogen-bond donors (Lipinski definition) is 1. The summed E-state index contributed by atoms with van der Waals surface area (Å²) < 4.78 is 27.6. The summed E-state index contributed by atoms with van der Waals surface area (Å²) in [7, 11) is -1.68. The van der Waals surface area contributed by atoms with Gasteiger partial charge < -0.3 is 5.32 Å². The van der Waals surface area contributed by atoms with E-state index < -0.39 is 10.2 Å². The maximum Gasteiger partial charge on any atom is 0.282 e. The molecule has 1 fully saturated rings. The van der Waals surface area contributed by atoms with E-state index in [1.807, 2.05) is 27.7 Å². The molecule has 1 rings (SSSR count). The van der Waals surface area contributed by atoms with Crippen molar-refractivity contribution in [2.75, 3.05) is 20.1 Å². The molecule has 0 aliphatic carbocycles. The summed E-state index contributed by atoms with van der Waals surface area (Å²) in [5.74, 6) is 0. The van der Waals surface area contributed by atoms with Gasteiger partial charge in [0.2, 0.25) is 0 Å². The van der Waals surface area contributed by atoms with Crippen molar-refractivity contribution in [1.82, 2.24) is 13.9 Å². The average molecular weight is 249 g/mol. The summed E-state index contributed by atoms with van der Waals surface area (Å²) in [5, 5.41) is 3.28. The molecule has 0 aromatic carbocycles. The molecule has 2 atom stereocenters. The van der Waals surface area contributed by atoms with E-state index in [1.165, 1.54) is 4.31 Å². The van der Waals surface area contributed by atoms with Crippen molar-refractivity contribution in [2.24, 2.45) is 0 Å². The van der Waals surface area contributed by atoms with E-state index in [-0.39, 0.29) is 18.1 Å². The molecule has 1 N–H and O–H groups in total. The van der Waals surface area contributed by atoms with Crippen LogP contribution in [0.25, 0.3) is 0 Å². The lowest BCUT2D eigenvalue weighted by molar-refractivity contribution is 0.225. The van der Waals surface area contributed by atoms with Gasteiger partial charge in [0.25, 0.3) is 10.2 Å². The predicted octanol–water partition coefficient (Wildman–Crippen LogP) is 0.254. The van der Waals surface area contributed by atoms with Crippen LogP contribution in [0.3, 0.4) is 0 Å². The molecule has 0 bridgehead atoms. The molecular formula is C10H23N3O2S. The zero-order valence-corrected chi connectivity index (χ0v) is 11.6. The van der Waals surface area contributed by atoms with Crippen LogP contribution in [0.5, 0.6) is 0 Å². The van der Waals surface area contributed by atoms with Gasteiger partial charge in [0.05, 0.1) is 0 Å². The number of piperazine rings is 1. The van der Waals surface area contributed by atoms with Crippen LogP contribution < -0.4 is 5.32 Å². The first-order chi connectivity index (χ1) is 7.26. The topological polar surface area (TPSA) is 52.7 Å². The zero-order valence-electron chi connectivity index (χ0n) is 10.8. The summed E-state index contributed by atoms with van der Waals surface area (Å²) in [6.07, 6.45) is 0. The van der Waals surface area contributed by atoms with E-state index in [0.717, 1.165) is 0 Å². The normalized spacial score (nSPS) is 28.9. The van der Waals surface area contributed by atoms with Gasteiger partial charge in [-0.1, -0.05) is 0 Å². The fraction of sp³-hybridized carbons (Fsp3) is 1.00. The fourth-order valence-corrected chi connectivity index (χ4v) is 3.55. The smallest absolute Gasteiger partial charge is 0.282 e. The standard InChI is InChI=1S/C10H23N3O2S/c1-8(2)12(5)16(14,15)13-7-9(3)11-6-10(13)4/h8-11H,6-7H2,1-5H3. The number of nitrogens with zero attached hydrogens (tertiary/aromatic N) is 2. The Morgan fingerprint density at radius 1 is 1.38 bits per heavy atom. The molecule has 0 aromatic heterocycles. The molecule has 0 amide bonds. The highest BCUT2D eigenvalue weighted by molar-refractivity contribution is 7.86. The van der Waals surface area contributed by atoms with Crippen molar-refractivity contribution < 1.29 is 8.42 Å². The minimum atomic E-state index is -3.32. The predicted molar refractivity (Wildman–Crippen MR) is 65.5 cm³/mol. The molecule has 0 saturated carbocycles. The molecule has 6 heteroatoms. The highest BCUT2D eigenvalue weighted by Gasteiger charge is 2.35. The average Bonchev–Trinajstić information content (AvgIpc) is 2.20. The van der Waals surface area contributed by atoms with Crippen LogP contribution in [-0.2, 0) is 10.2 Å². The van der Waals surface area contributed by atoms with Gasteiger partial charge in [-0.25, -0.2) is 0 Å².